The van der Waals surface area contributed by atoms with E-state index in [1.807, 2.05) is 24.3 Å². The fraction of sp³-hybridized carbons (Fsp3) is 0.100. The van der Waals surface area contributed by atoms with Crippen molar-refractivity contribution in [3.8, 4) is 0 Å². The molecule has 0 aromatic carbocycles. The van der Waals surface area contributed by atoms with Crippen molar-refractivity contribution >= 4 is 11.8 Å². The fourth-order valence-electron chi connectivity index (χ4n) is 1.09. The quantitative estimate of drug-likeness (QED) is 0.845. The van der Waals surface area contributed by atoms with Gasteiger partial charge in [0.15, 0.2) is 0 Å². The summed E-state index contributed by atoms with van der Waals surface area (Å²) < 4.78 is 0. The maximum atomic E-state index is 5.60. The Morgan fingerprint density at radius 3 is 2.87 bits per heavy atom. The summed E-state index contributed by atoms with van der Waals surface area (Å²) in [5.41, 5.74) is 6.59. The molecule has 2 N–H and O–H groups in total. The number of nitrogens with zero attached hydrogens (tertiary/aromatic N) is 3. The molecule has 2 rings (SSSR count). The van der Waals surface area contributed by atoms with E-state index < -0.39 is 0 Å². The first kappa shape index (κ1) is 10.1. The fourth-order valence-corrected chi connectivity index (χ4v) is 1.92. The van der Waals surface area contributed by atoms with Crippen molar-refractivity contribution in [1.82, 2.24) is 15.2 Å². The molecule has 0 aliphatic rings. The molecule has 76 valence electrons. The molecule has 0 aliphatic heterocycles. The van der Waals surface area contributed by atoms with Crippen LogP contribution in [0.25, 0.3) is 0 Å². The Bertz CT molecular complexity index is 432. The van der Waals surface area contributed by atoms with Gasteiger partial charge < -0.3 is 5.73 Å². The van der Waals surface area contributed by atoms with E-state index in [2.05, 4.69) is 15.2 Å². The minimum Gasteiger partial charge on any atom is -0.326 e. The molecule has 0 atom stereocenters. The number of rotatable bonds is 3. The number of hydrogen-bond acceptors (Lipinski definition) is 5. The molecule has 0 aliphatic carbocycles. The van der Waals surface area contributed by atoms with E-state index in [0.717, 1.165) is 15.6 Å². The van der Waals surface area contributed by atoms with Gasteiger partial charge in [0, 0.05) is 24.5 Å². The number of hydrogen-bond donors (Lipinski definition) is 1. The molecule has 2 heterocycles. The zero-order chi connectivity index (χ0) is 10.5. The molecule has 0 radical (unpaired) electrons. The Morgan fingerprint density at radius 2 is 2.13 bits per heavy atom. The van der Waals surface area contributed by atoms with Crippen molar-refractivity contribution in [2.24, 2.45) is 5.73 Å². The van der Waals surface area contributed by atoms with Gasteiger partial charge in [-0.3, -0.25) is 0 Å². The molecule has 0 fully saturated rings. The van der Waals surface area contributed by atoms with Crippen LogP contribution in [0.3, 0.4) is 0 Å². The van der Waals surface area contributed by atoms with E-state index in [1.54, 1.807) is 12.4 Å². The molecule has 0 saturated heterocycles. The van der Waals surface area contributed by atoms with Crippen LogP contribution < -0.4 is 5.73 Å². The number of pyridine rings is 1. The third kappa shape index (κ3) is 2.51. The second kappa shape index (κ2) is 4.86. The van der Waals surface area contributed by atoms with Crippen molar-refractivity contribution in [2.45, 2.75) is 16.6 Å². The third-order valence-electron chi connectivity index (χ3n) is 1.82. The van der Waals surface area contributed by atoms with E-state index in [0.29, 0.717) is 6.54 Å². The van der Waals surface area contributed by atoms with Gasteiger partial charge in [0.1, 0.15) is 10.1 Å². The molecule has 0 amide bonds. The standard InChI is InChI=1S/C10H10N4S/c11-7-8-4-6-13-14-10(8)15-9-3-1-2-5-12-9/h1-6H,7,11H2. The molecule has 4 nitrogen and oxygen atoms in total. The highest BCUT2D eigenvalue weighted by Gasteiger charge is 2.05. The molecule has 0 spiro atoms. The average Bonchev–Trinajstić information content (AvgIpc) is 2.31. The summed E-state index contributed by atoms with van der Waals surface area (Å²) in [5, 5.41) is 9.59. The Kier molecular flexibility index (Phi) is 3.26. The van der Waals surface area contributed by atoms with Crippen LogP contribution in [0.15, 0.2) is 46.7 Å². The van der Waals surface area contributed by atoms with Crippen LogP contribution in [0, 0.1) is 0 Å². The van der Waals surface area contributed by atoms with Gasteiger partial charge in [-0.2, -0.15) is 5.10 Å². The monoisotopic (exact) mass is 218 g/mol. The highest BCUT2D eigenvalue weighted by molar-refractivity contribution is 7.99. The van der Waals surface area contributed by atoms with E-state index in [-0.39, 0.29) is 0 Å². The summed E-state index contributed by atoms with van der Waals surface area (Å²) in [4.78, 5) is 4.20. The van der Waals surface area contributed by atoms with Gasteiger partial charge in [-0.15, -0.1) is 5.10 Å². The van der Waals surface area contributed by atoms with E-state index in [1.165, 1.54) is 11.8 Å². The Labute approximate surface area is 91.9 Å². The smallest absolute Gasteiger partial charge is 0.129 e. The van der Waals surface area contributed by atoms with Crippen molar-refractivity contribution in [1.29, 1.82) is 0 Å². The van der Waals surface area contributed by atoms with Gasteiger partial charge in [-0.1, -0.05) is 6.07 Å². The van der Waals surface area contributed by atoms with E-state index in [4.69, 9.17) is 5.73 Å². The molecule has 0 saturated carbocycles. The summed E-state index contributed by atoms with van der Waals surface area (Å²) in [6.45, 7) is 0.463. The van der Waals surface area contributed by atoms with Crippen molar-refractivity contribution in [2.75, 3.05) is 0 Å². The molecule has 5 heteroatoms. The third-order valence-corrected chi connectivity index (χ3v) is 2.81. The number of aromatic nitrogens is 3. The van der Waals surface area contributed by atoms with Crippen molar-refractivity contribution in [3.05, 3.63) is 42.2 Å². The SMILES string of the molecule is NCc1ccnnc1Sc1ccccn1. The zero-order valence-corrected chi connectivity index (χ0v) is 8.81. The number of nitrogens with two attached hydrogens (primary N) is 1. The molecular formula is C10H10N4S. The van der Waals surface area contributed by atoms with Crippen molar-refractivity contribution < 1.29 is 0 Å². The maximum absolute atomic E-state index is 5.60. The lowest BCUT2D eigenvalue weighted by atomic mass is 10.3. The molecule has 2 aromatic heterocycles. The topological polar surface area (TPSA) is 64.7 Å². The maximum Gasteiger partial charge on any atom is 0.129 e. The second-order valence-corrected chi connectivity index (χ2v) is 3.84. The first-order valence-corrected chi connectivity index (χ1v) is 5.31. The second-order valence-electron chi connectivity index (χ2n) is 2.84. The first-order valence-electron chi connectivity index (χ1n) is 4.49. The van der Waals surface area contributed by atoms with Gasteiger partial charge >= 0.3 is 0 Å². The lowest BCUT2D eigenvalue weighted by Crippen LogP contribution is -2.00. The van der Waals surface area contributed by atoms with E-state index >= 15 is 0 Å². The summed E-state index contributed by atoms with van der Waals surface area (Å²) in [7, 11) is 0. The van der Waals surface area contributed by atoms with Crippen LogP contribution in [-0.4, -0.2) is 15.2 Å². The van der Waals surface area contributed by atoms with E-state index in [9.17, 15) is 0 Å². The summed E-state index contributed by atoms with van der Waals surface area (Å²) in [6, 6.07) is 7.62. The van der Waals surface area contributed by atoms with Gasteiger partial charge in [-0.05, 0) is 30.0 Å². The van der Waals surface area contributed by atoms with Crippen LogP contribution in [0.1, 0.15) is 5.56 Å². The normalized spacial score (nSPS) is 10.2. The molecule has 0 unspecified atom stereocenters. The van der Waals surface area contributed by atoms with Crippen LogP contribution in [0.4, 0.5) is 0 Å². The molecule has 15 heavy (non-hydrogen) atoms. The Morgan fingerprint density at radius 1 is 1.20 bits per heavy atom. The highest BCUT2D eigenvalue weighted by Crippen LogP contribution is 2.25. The van der Waals surface area contributed by atoms with Gasteiger partial charge in [0.25, 0.3) is 0 Å². The summed E-state index contributed by atoms with van der Waals surface area (Å²) >= 11 is 1.47. The van der Waals surface area contributed by atoms with Gasteiger partial charge in [-0.25, -0.2) is 4.98 Å². The highest BCUT2D eigenvalue weighted by atomic mass is 32.2. The molecule has 0 bridgehead atoms. The Balaban J connectivity index is 2.24. The summed E-state index contributed by atoms with van der Waals surface area (Å²) in [5.74, 6) is 0. The average molecular weight is 218 g/mol. The first-order chi connectivity index (χ1) is 7.40. The molecule has 2 aromatic rings. The van der Waals surface area contributed by atoms with Crippen LogP contribution in [-0.2, 0) is 6.54 Å². The minimum atomic E-state index is 0.463. The predicted molar refractivity (Wildman–Crippen MR) is 58.3 cm³/mol. The van der Waals surface area contributed by atoms with Gasteiger partial charge in [0.05, 0.1) is 0 Å². The van der Waals surface area contributed by atoms with Crippen LogP contribution >= 0.6 is 11.8 Å². The van der Waals surface area contributed by atoms with Crippen LogP contribution in [0.5, 0.6) is 0 Å². The zero-order valence-electron chi connectivity index (χ0n) is 8.00. The lowest BCUT2D eigenvalue weighted by Gasteiger charge is -2.03. The minimum absolute atomic E-state index is 0.463. The van der Waals surface area contributed by atoms with Gasteiger partial charge in [0.2, 0.25) is 0 Å². The Hall–Kier alpha value is -1.46. The van der Waals surface area contributed by atoms with Crippen LogP contribution in [0.2, 0.25) is 0 Å². The largest absolute Gasteiger partial charge is 0.326 e. The molecular weight excluding hydrogens is 208 g/mol. The predicted octanol–water partition coefficient (Wildman–Crippen LogP) is 1.48. The lowest BCUT2D eigenvalue weighted by molar-refractivity contribution is 0.865. The van der Waals surface area contributed by atoms with Crippen molar-refractivity contribution in [3.63, 3.8) is 0 Å². The summed E-state index contributed by atoms with van der Waals surface area (Å²) in [6.07, 6.45) is 3.39.